The summed E-state index contributed by atoms with van der Waals surface area (Å²) in [5.41, 5.74) is -0.130. The molecule has 0 spiro atoms. The van der Waals surface area contributed by atoms with Gasteiger partial charge in [0.1, 0.15) is 11.9 Å². The minimum Gasteiger partial charge on any atom is -0.352 e. The molecule has 0 atom stereocenters. The van der Waals surface area contributed by atoms with E-state index in [1.54, 1.807) is 6.07 Å². The number of rotatable bonds is 2. The monoisotopic (exact) mass is 326 g/mol. The number of hydrogen-bond donors (Lipinski definition) is 1. The highest BCUT2D eigenvalue weighted by Crippen LogP contribution is 2.29. The number of hydrogen-bond acceptors (Lipinski definition) is 2. The molecule has 96 valence electrons. The molecular weight excluding hydrogens is 321 g/mol. The first-order valence-electron chi connectivity index (χ1n) is 5.13. The highest BCUT2D eigenvalue weighted by Gasteiger charge is 2.14. The molecule has 1 N–H and O–H groups in total. The average molecular weight is 327 g/mol. The molecule has 0 bridgehead atoms. The maximum Gasteiger partial charge on any atom is 0.183 e. The second-order valence-electron chi connectivity index (χ2n) is 3.65. The van der Waals surface area contributed by atoms with E-state index in [0.29, 0.717) is 10.2 Å². The maximum atomic E-state index is 13.7. The van der Waals surface area contributed by atoms with Crippen LogP contribution >= 0.6 is 15.9 Å². The molecule has 2 aromatic carbocycles. The van der Waals surface area contributed by atoms with Crippen molar-refractivity contribution in [3.8, 4) is 6.07 Å². The highest BCUT2D eigenvalue weighted by molar-refractivity contribution is 9.10. The number of anilines is 2. The third kappa shape index (κ3) is 2.71. The van der Waals surface area contributed by atoms with Crippen LogP contribution in [0.25, 0.3) is 0 Å². The standard InChI is InChI=1S/C13H6BrF3N2/c14-9-5-8(15)2-4-10(9)19-11-3-1-7(6-18)12(16)13(11)17/h1-5,19H. The van der Waals surface area contributed by atoms with Crippen molar-refractivity contribution in [2.24, 2.45) is 0 Å². The molecule has 0 saturated heterocycles. The van der Waals surface area contributed by atoms with E-state index in [0.717, 1.165) is 6.07 Å². The van der Waals surface area contributed by atoms with Gasteiger partial charge in [-0.2, -0.15) is 5.26 Å². The summed E-state index contributed by atoms with van der Waals surface area (Å²) in [4.78, 5) is 0. The fourth-order valence-corrected chi connectivity index (χ4v) is 1.92. The molecule has 19 heavy (non-hydrogen) atoms. The predicted octanol–water partition coefficient (Wildman–Crippen LogP) is 4.48. The van der Waals surface area contributed by atoms with Gasteiger partial charge in [0, 0.05) is 4.47 Å². The Kier molecular flexibility index (Phi) is 3.76. The lowest BCUT2D eigenvalue weighted by molar-refractivity contribution is 0.509. The molecule has 0 fully saturated rings. The van der Waals surface area contributed by atoms with Gasteiger partial charge < -0.3 is 5.32 Å². The lowest BCUT2D eigenvalue weighted by Crippen LogP contribution is -1.99. The van der Waals surface area contributed by atoms with Gasteiger partial charge in [-0.1, -0.05) is 0 Å². The molecular formula is C13H6BrF3N2. The fourth-order valence-electron chi connectivity index (χ4n) is 1.47. The first kappa shape index (κ1) is 13.4. The minimum absolute atomic E-state index is 0.135. The van der Waals surface area contributed by atoms with Crippen molar-refractivity contribution in [2.75, 3.05) is 5.32 Å². The Hall–Kier alpha value is -2.00. The van der Waals surface area contributed by atoms with Gasteiger partial charge in [-0.3, -0.25) is 0 Å². The van der Waals surface area contributed by atoms with Crippen molar-refractivity contribution in [1.29, 1.82) is 5.26 Å². The summed E-state index contributed by atoms with van der Waals surface area (Å²) in [6, 6.07) is 7.72. The average Bonchev–Trinajstić information content (AvgIpc) is 2.38. The number of benzene rings is 2. The summed E-state index contributed by atoms with van der Waals surface area (Å²) in [6.45, 7) is 0. The summed E-state index contributed by atoms with van der Waals surface area (Å²) in [5.74, 6) is -2.83. The van der Waals surface area contributed by atoms with Gasteiger partial charge in [-0.05, 0) is 46.3 Å². The molecule has 6 heteroatoms. The van der Waals surface area contributed by atoms with Crippen molar-refractivity contribution >= 4 is 27.3 Å². The van der Waals surface area contributed by atoms with Crippen molar-refractivity contribution in [3.63, 3.8) is 0 Å². The summed E-state index contributed by atoms with van der Waals surface area (Å²) < 4.78 is 40.4. The molecule has 0 aliphatic carbocycles. The minimum atomic E-state index is -1.22. The van der Waals surface area contributed by atoms with Crippen LogP contribution in [0.1, 0.15) is 5.56 Å². The first-order chi connectivity index (χ1) is 9.02. The molecule has 0 aliphatic heterocycles. The highest BCUT2D eigenvalue weighted by atomic mass is 79.9. The van der Waals surface area contributed by atoms with Crippen LogP contribution in [0.3, 0.4) is 0 Å². The lowest BCUT2D eigenvalue weighted by atomic mass is 10.2. The van der Waals surface area contributed by atoms with Crippen LogP contribution < -0.4 is 5.32 Å². The molecule has 2 aromatic rings. The van der Waals surface area contributed by atoms with E-state index < -0.39 is 17.5 Å². The Morgan fingerprint density at radius 1 is 1.00 bits per heavy atom. The zero-order valence-corrected chi connectivity index (χ0v) is 10.9. The number of nitrogens with zero attached hydrogens (tertiary/aromatic N) is 1. The second-order valence-corrected chi connectivity index (χ2v) is 4.50. The van der Waals surface area contributed by atoms with E-state index in [2.05, 4.69) is 21.2 Å². The normalized spacial score (nSPS) is 10.1. The van der Waals surface area contributed by atoms with Gasteiger partial charge in [0.05, 0.1) is 16.9 Å². The van der Waals surface area contributed by atoms with Crippen LogP contribution in [-0.4, -0.2) is 0 Å². The Bertz CT molecular complexity index is 680. The summed E-state index contributed by atoms with van der Waals surface area (Å²) >= 11 is 3.10. The lowest BCUT2D eigenvalue weighted by Gasteiger charge is -2.10. The Labute approximate surface area is 115 Å². The summed E-state index contributed by atoms with van der Waals surface area (Å²) in [6.07, 6.45) is 0. The first-order valence-corrected chi connectivity index (χ1v) is 5.92. The van der Waals surface area contributed by atoms with Crippen LogP contribution in [0.4, 0.5) is 24.5 Å². The number of nitrogens with one attached hydrogen (secondary N) is 1. The SMILES string of the molecule is N#Cc1ccc(Nc2ccc(F)cc2Br)c(F)c1F. The molecule has 2 nitrogen and oxygen atoms in total. The molecule has 0 aliphatic rings. The van der Waals surface area contributed by atoms with E-state index in [4.69, 9.17) is 5.26 Å². The summed E-state index contributed by atoms with van der Waals surface area (Å²) in [7, 11) is 0. The Balaban J connectivity index is 2.39. The number of halogens is 4. The molecule has 0 amide bonds. The van der Waals surface area contributed by atoms with Gasteiger partial charge >= 0.3 is 0 Å². The van der Waals surface area contributed by atoms with Crippen LogP contribution in [0.15, 0.2) is 34.8 Å². The van der Waals surface area contributed by atoms with Crippen molar-refractivity contribution < 1.29 is 13.2 Å². The van der Waals surface area contributed by atoms with Crippen molar-refractivity contribution in [2.45, 2.75) is 0 Å². The van der Waals surface area contributed by atoms with Crippen LogP contribution in [-0.2, 0) is 0 Å². The zero-order valence-electron chi connectivity index (χ0n) is 9.35. The third-order valence-corrected chi connectivity index (χ3v) is 3.06. The zero-order chi connectivity index (χ0) is 14.0. The van der Waals surface area contributed by atoms with Crippen LogP contribution in [0.5, 0.6) is 0 Å². The largest absolute Gasteiger partial charge is 0.352 e. The molecule has 0 aromatic heterocycles. The van der Waals surface area contributed by atoms with Crippen LogP contribution in [0.2, 0.25) is 0 Å². The molecule has 0 heterocycles. The smallest absolute Gasteiger partial charge is 0.183 e. The van der Waals surface area contributed by atoms with E-state index in [1.165, 1.54) is 24.3 Å². The van der Waals surface area contributed by atoms with Crippen LogP contribution in [0, 0.1) is 28.8 Å². The Morgan fingerprint density at radius 3 is 2.32 bits per heavy atom. The van der Waals surface area contributed by atoms with E-state index in [-0.39, 0.29) is 11.3 Å². The summed E-state index contributed by atoms with van der Waals surface area (Å²) in [5, 5.41) is 11.2. The Morgan fingerprint density at radius 2 is 1.68 bits per heavy atom. The predicted molar refractivity (Wildman–Crippen MR) is 68.5 cm³/mol. The number of nitriles is 1. The molecule has 0 unspecified atom stereocenters. The van der Waals surface area contributed by atoms with E-state index in [1.807, 2.05) is 0 Å². The molecule has 0 radical (unpaired) electrons. The fraction of sp³-hybridized carbons (Fsp3) is 0. The van der Waals surface area contributed by atoms with E-state index >= 15 is 0 Å². The molecule has 2 rings (SSSR count). The van der Waals surface area contributed by atoms with Crippen molar-refractivity contribution in [1.82, 2.24) is 0 Å². The second kappa shape index (κ2) is 5.33. The van der Waals surface area contributed by atoms with E-state index in [9.17, 15) is 13.2 Å². The van der Waals surface area contributed by atoms with Gasteiger partial charge in [-0.25, -0.2) is 13.2 Å². The van der Waals surface area contributed by atoms with Gasteiger partial charge in [0.2, 0.25) is 0 Å². The van der Waals surface area contributed by atoms with Gasteiger partial charge in [-0.15, -0.1) is 0 Å². The van der Waals surface area contributed by atoms with Crippen molar-refractivity contribution in [3.05, 3.63) is 57.8 Å². The molecule has 0 saturated carbocycles. The van der Waals surface area contributed by atoms with Gasteiger partial charge in [0.25, 0.3) is 0 Å². The van der Waals surface area contributed by atoms with Gasteiger partial charge in [0.15, 0.2) is 11.6 Å². The third-order valence-electron chi connectivity index (χ3n) is 2.40. The quantitative estimate of drug-likeness (QED) is 0.883. The topological polar surface area (TPSA) is 35.8 Å². The maximum absolute atomic E-state index is 13.7.